The fourth-order valence-electron chi connectivity index (χ4n) is 0.695. The Morgan fingerprint density at radius 3 is 1.89 bits per heavy atom. The van der Waals surface area contributed by atoms with E-state index < -0.39 is 0 Å². The lowest BCUT2D eigenvalue weighted by atomic mass is 10.1. The monoisotopic (exact) mass is 132 g/mol. The van der Waals surface area contributed by atoms with Gasteiger partial charge < -0.3 is 5.21 Å². The number of hydrogen-bond donors (Lipinski definition) is 2. The van der Waals surface area contributed by atoms with Gasteiger partial charge in [-0.15, -0.1) is 5.59 Å². The second kappa shape index (κ2) is 3.15. The number of nitrogens with zero attached hydrogens (tertiary/aromatic N) is 1. The van der Waals surface area contributed by atoms with Crippen LogP contribution in [-0.4, -0.2) is 22.3 Å². The fourth-order valence-corrected chi connectivity index (χ4v) is 0.695. The molecule has 9 heavy (non-hydrogen) atoms. The molecule has 0 atom stereocenters. The zero-order chi connectivity index (χ0) is 7.49. The SMILES string of the molecule is CCN(NO)C(C)(C)C. The number of hydrogen-bond acceptors (Lipinski definition) is 3. The summed E-state index contributed by atoms with van der Waals surface area (Å²) in [5, 5.41) is 10.3. The van der Waals surface area contributed by atoms with Crippen molar-refractivity contribution in [3.8, 4) is 0 Å². The maximum Gasteiger partial charge on any atom is 0.0291 e. The van der Waals surface area contributed by atoms with E-state index in [1.165, 1.54) is 0 Å². The van der Waals surface area contributed by atoms with E-state index in [2.05, 4.69) is 5.59 Å². The summed E-state index contributed by atoms with van der Waals surface area (Å²) in [6.45, 7) is 8.85. The van der Waals surface area contributed by atoms with Gasteiger partial charge in [-0.2, -0.15) is 0 Å². The molecule has 0 aromatic heterocycles. The van der Waals surface area contributed by atoms with Crippen molar-refractivity contribution < 1.29 is 5.21 Å². The average Bonchev–Trinajstić information content (AvgIpc) is 1.65. The minimum atomic E-state index is -0.0104. The molecule has 0 aromatic carbocycles. The summed E-state index contributed by atoms with van der Waals surface area (Å²) in [4.78, 5) is 0. The smallest absolute Gasteiger partial charge is 0.0291 e. The Balaban J connectivity index is 3.79. The van der Waals surface area contributed by atoms with Crippen molar-refractivity contribution in [2.45, 2.75) is 33.2 Å². The molecule has 0 rings (SSSR count). The topological polar surface area (TPSA) is 35.5 Å². The third kappa shape index (κ3) is 2.79. The minimum absolute atomic E-state index is 0.0104. The summed E-state index contributed by atoms with van der Waals surface area (Å²) in [5.41, 5.74) is 2.11. The summed E-state index contributed by atoms with van der Waals surface area (Å²) in [6, 6.07) is 0. The molecule has 0 unspecified atom stereocenters. The van der Waals surface area contributed by atoms with Gasteiger partial charge in [-0.25, -0.2) is 5.01 Å². The molecule has 0 spiro atoms. The first-order valence-electron chi connectivity index (χ1n) is 3.19. The third-order valence-corrected chi connectivity index (χ3v) is 1.25. The molecule has 0 saturated heterocycles. The summed E-state index contributed by atoms with van der Waals surface area (Å²) < 4.78 is 0. The summed E-state index contributed by atoms with van der Waals surface area (Å²) in [5.74, 6) is 0. The van der Waals surface area contributed by atoms with Gasteiger partial charge in [-0.3, -0.25) is 0 Å². The Labute approximate surface area is 56.6 Å². The Hall–Kier alpha value is -0.120. The summed E-state index contributed by atoms with van der Waals surface area (Å²) in [6.07, 6.45) is 0. The Kier molecular flexibility index (Phi) is 3.11. The quantitative estimate of drug-likeness (QED) is 0.550. The highest BCUT2D eigenvalue weighted by atomic mass is 16.5. The molecule has 2 N–H and O–H groups in total. The van der Waals surface area contributed by atoms with Gasteiger partial charge in [-0.1, -0.05) is 6.92 Å². The molecular weight excluding hydrogens is 116 g/mol. The van der Waals surface area contributed by atoms with Gasteiger partial charge in [-0.05, 0) is 20.8 Å². The standard InChI is InChI=1S/C6H16N2O/c1-5-8(7-9)6(2,3)4/h7,9H,5H2,1-4H3. The van der Waals surface area contributed by atoms with Crippen LogP contribution in [0, 0.1) is 0 Å². The van der Waals surface area contributed by atoms with Crippen LogP contribution in [0.15, 0.2) is 0 Å². The van der Waals surface area contributed by atoms with Crippen molar-refractivity contribution in [2.75, 3.05) is 6.54 Å². The van der Waals surface area contributed by atoms with Crippen LogP contribution in [0.2, 0.25) is 0 Å². The van der Waals surface area contributed by atoms with Crippen molar-refractivity contribution in [2.24, 2.45) is 0 Å². The van der Waals surface area contributed by atoms with Crippen LogP contribution in [0.25, 0.3) is 0 Å². The van der Waals surface area contributed by atoms with Crippen LogP contribution in [0.4, 0.5) is 0 Å². The lowest BCUT2D eigenvalue weighted by molar-refractivity contribution is -0.0697. The van der Waals surface area contributed by atoms with E-state index in [-0.39, 0.29) is 5.54 Å². The van der Waals surface area contributed by atoms with Gasteiger partial charge >= 0.3 is 0 Å². The highest BCUT2D eigenvalue weighted by Crippen LogP contribution is 2.07. The maximum absolute atomic E-state index is 8.54. The predicted molar refractivity (Wildman–Crippen MR) is 37.1 cm³/mol. The van der Waals surface area contributed by atoms with E-state index in [0.717, 1.165) is 6.54 Å². The Morgan fingerprint density at radius 1 is 1.44 bits per heavy atom. The number of hydrazine groups is 1. The Morgan fingerprint density at radius 2 is 1.89 bits per heavy atom. The molecule has 0 heterocycles. The summed E-state index contributed by atoms with van der Waals surface area (Å²) in [7, 11) is 0. The second-order valence-corrected chi connectivity index (χ2v) is 3.02. The highest BCUT2D eigenvalue weighted by Gasteiger charge is 2.17. The van der Waals surface area contributed by atoms with Gasteiger partial charge in [0.2, 0.25) is 0 Å². The number of rotatable bonds is 2. The van der Waals surface area contributed by atoms with Crippen LogP contribution < -0.4 is 5.59 Å². The van der Waals surface area contributed by atoms with Crippen molar-refractivity contribution >= 4 is 0 Å². The lowest BCUT2D eigenvalue weighted by Crippen LogP contribution is -2.48. The fraction of sp³-hybridized carbons (Fsp3) is 1.00. The third-order valence-electron chi connectivity index (χ3n) is 1.25. The van der Waals surface area contributed by atoms with Crippen molar-refractivity contribution in [3.05, 3.63) is 0 Å². The van der Waals surface area contributed by atoms with E-state index in [0.29, 0.717) is 0 Å². The Bertz CT molecular complexity index is 73.6. The molecule has 3 heteroatoms. The molecule has 0 radical (unpaired) electrons. The van der Waals surface area contributed by atoms with E-state index in [9.17, 15) is 0 Å². The molecule has 0 bridgehead atoms. The second-order valence-electron chi connectivity index (χ2n) is 3.02. The molecule has 0 aliphatic carbocycles. The zero-order valence-electron chi connectivity index (χ0n) is 6.60. The van der Waals surface area contributed by atoms with E-state index in [1.807, 2.05) is 27.7 Å². The normalized spacial score (nSPS) is 12.7. The van der Waals surface area contributed by atoms with E-state index >= 15 is 0 Å². The lowest BCUT2D eigenvalue weighted by Gasteiger charge is -2.32. The van der Waals surface area contributed by atoms with Crippen LogP contribution in [-0.2, 0) is 0 Å². The first-order valence-corrected chi connectivity index (χ1v) is 3.19. The molecule has 0 amide bonds. The van der Waals surface area contributed by atoms with Crippen LogP contribution >= 0.6 is 0 Å². The maximum atomic E-state index is 8.54. The number of nitrogens with one attached hydrogen (secondary N) is 1. The predicted octanol–water partition coefficient (Wildman–Crippen LogP) is 1.00. The van der Waals surface area contributed by atoms with E-state index in [1.54, 1.807) is 5.01 Å². The van der Waals surface area contributed by atoms with Crippen LogP contribution in [0.3, 0.4) is 0 Å². The molecule has 0 fully saturated rings. The largest absolute Gasteiger partial charge is 0.302 e. The first-order chi connectivity index (χ1) is 4.02. The van der Waals surface area contributed by atoms with Gasteiger partial charge in [0.25, 0.3) is 0 Å². The minimum Gasteiger partial charge on any atom is -0.302 e. The average molecular weight is 132 g/mol. The molecule has 0 aliphatic rings. The van der Waals surface area contributed by atoms with Crippen LogP contribution in [0.1, 0.15) is 27.7 Å². The van der Waals surface area contributed by atoms with Gasteiger partial charge in [0, 0.05) is 12.1 Å². The molecule has 0 aliphatic heterocycles. The van der Waals surface area contributed by atoms with E-state index in [4.69, 9.17) is 5.21 Å². The molecule has 3 nitrogen and oxygen atoms in total. The van der Waals surface area contributed by atoms with Gasteiger partial charge in [0.1, 0.15) is 0 Å². The van der Waals surface area contributed by atoms with Crippen molar-refractivity contribution in [3.63, 3.8) is 0 Å². The van der Waals surface area contributed by atoms with Gasteiger partial charge in [0.05, 0.1) is 0 Å². The zero-order valence-corrected chi connectivity index (χ0v) is 6.60. The highest BCUT2D eigenvalue weighted by molar-refractivity contribution is 4.69. The van der Waals surface area contributed by atoms with Gasteiger partial charge in [0.15, 0.2) is 0 Å². The molecule has 56 valence electrons. The molecule has 0 aromatic rings. The van der Waals surface area contributed by atoms with Crippen molar-refractivity contribution in [1.29, 1.82) is 0 Å². The molecule has 0 saturated carbocycles. The molecular formula is C6H16N2O. The summed E-state index contributed by atoms with van der Waals surface area (Å²) >= 11 is 0. The van der Waals surface area contributed by atoms with Crippen LogP contribution in [0.5, 0.6) is 0 Å². The van der Waals surface area contributed by atoms with Crippen molar-refractivity contribution in [1.82, 2.24) is 10.6 Å². The first kappa shape index (κ1) is 8.88.